The number of hydrogen-bond donors (Lipinski definition) is 3. The van der Waals surface area contributed by atoms with E-state index in [1.54, 1.807) is 35.2 Å². The third-order valence-corrected chi connectivity index (χ3v) is 6.65. The summed E-state index contributed by atoms with van der Waals surface area (Å²) in [5.74, 6) is -1.53. The normalized spacial score (nSPS) is 20.5. The van der Waals surface area contributed by atoms with Crippen molar-refractivity contribution >= 4 is 46.5 Å². The second-order valence-corrected chi connectivity index (χ2v) is 9.34. The number of likely N-dealkylation sites (tertiary alicyclic amines) is 1. The number of nitrogens with zero attached hydrogens (tertiary/aromatic N) is 2. The monoisotopic (exact) mass is 502 g/mol. The van der Waals surface area contributed by atoms with Crippen molar-refractivity contribution in [2.75, 3.05) is 35.2 Å². The van der Waals surface area contributed by atoms with Crippen LogP contribution < -0.4 is 15.5 Å². The fourth-order valence-electron chi connectivity index (χ4n) is 4.50. The van der Waals surface area contributed by atoms with Gasteiger partial charge in [0.2, 0.25) is 11.8 Å². The van der Waals surface area contributed by atoms with E-state index in [1.165, 1.54) is 17.0 Å². The molecule has 186 valence electrons. The molecule has 3 N–H and O–H groups in total. The number of anilines is 3. The molecule has 0 bridgehead atoms. The summed E-state index contributed by atoms with van der Waals surface area (Å²) in [5.41, 5.74) is 0.930. The van der Waals surface area contributed by atoms with Gasteiger partial charge in [-0.05, 0) is 61.7 Å². The first-order valence-electron chi connectivity index (χ1n) is 11.7. The smallest absolute Gasteiger partial charge is 0.322 e. The van der Waals surface area contributed by atoms with Crippen LogP contribution in [0.3, 0.4) is 0 Å². The number of aliphatic hydroxyl groups is 1. The minimum absolute atomic E-state index is 0.0356. The number of hydrogen-bond acceptors (Lipinski definition) is 4. The zero-order valence-corrected chi connectivity index (χ0v) is 19.9. The molecule has 0 unspecified atom stereocenters. The minimum Gasteiger partial charge on any atom is -0.396 e. The lowest BCUT2D eigenvalue weighted by Gasteiger charge is -2.25. The van der Waals surface area contributed by atoms with Crippen LogP contribution in [0.25, 0.3) is 0 Å². The number of aliphatic hydroxyl groups excluding tert-OH is 1. The lowest BCUT2D eigenvalue weighted by Crippen LogP contribution is -2.45. The standard InChI is InChI=1S/C25H28ClFN4O4/c26-17-5-7-18(8-6-17)28-25(35)31-14-16(15-32)12-22(31)24(34)29-21-10-9-19(13-20(21)27)30-11-3-1-2-4-23(30)33/h5-10,13,16,22,32H,1-4,11-12,14-15H2,(H,28,35)(H,29,34)/t16-,22-/m1/s1. The Morgan fingerprint density at radius 3 is 2.57 bits per heavy atom. The number of nitrogens with one attached hydrogen (secondary N) is 2. The van der Waals surface area contributed by atoms with Crippen molar-refractivity contribution in [3.63, 3.8) is 0 Å². The fraction of sp³-hybridized carbons (Fsp3) is 0.400. The molecule has 0 aromatic heterocycles. The molecule has 4 amide bonds. The first-order chi connectivity index (χ1) is 16.9. The number of urea groups is 1. The van der Waals surface area contributed by atoms with Crippen LogP contribution in [0.5, 0.6) is 0 Å². The quantitative estimate of drug-likeness (QED) is 0.569. The van der Waals surface area contributed by atoms with Gasteiger partial charge in [0, 0.05) is 48.4 Å². The van der Waals surface area contributed by atoms with Gasteiger partial charge in [0.25, 0.3) is 0 Å². The van der Waals surface area contributed by atoms with Gasteiger partial charge in [0.05, 0.1) is 5.69 Å². The highest BCUT2D eigenvalue weighted by Crippen LogP contribution is 2.28. The van der Waals surface area contributed by atoms with Crippen molar-refractivity contribution < 1.29 is 23.9 Å². The molecule has 0 saturated carbocycles. The summed E-state index contributed by atoms with van der Waals surface area (Å²) in [6.07, 6.45) is 3.31. The molecule has 8 nitrogen and oxygen atoms in total. The molecule has 10 heteroatoms. The van der Waals surface area contributed by atoms with E-state index in [0.717, 1.165) is 19.3 Å². The van der Waals surface area contributed by atoms with Crippen molar-refractivity contribution in [3.8, 4) is 0 Å². The molecule has 2 fully saturated rings. The number of halogens is 2. The van der Waals surface area contributed by atoms with Crippen LogP contribution in [0.1, 0.15) is 32.1 Å². The van der Waals surface area contributed by atoms with Crippen LogP contribution >= 0.6 is 11.6 Å². The molecule has 2 saturated heterocycles. The molecule has 2 aromatic rings. The number of carbonyl (C=O) groups is 3. The zero-order chi connectivity index (χ0) is 24.9. The van der Waals surface area contributed by atoms with Gasteiger partial charge in [-0.3, -0.25) is 9.59 Å². The second kappa shape index (κ2) is 11.0. The number of carbonyl (C=O) groups excluding carboxylic acids is 3. The Kier molecular flexibility index (Phi) is 7.87. The van der Waals surface area contributed by atoms with Crippen LogP contribution in [0, 0.1) is 11.7 Å². The Morgan fingerprint density at radius 1 is 1.09 bits per heavy atom. The molecule has 2 aliphatic heterocycles. The highest BCUT2D eigenvalue weighted by atomic mass is 35.5. The topological polar surface area (TPSA) is 102 Å². The molecular weight excluding hydrogens is 475 g/mol. The molecule has 0 spiro atoms. The van der Waals surface area contributed by atoms with Gasteiger partial charge in [0.1, 0.15) is 11.9 Å². The van der Waals surface area contributed by atoms with Gasteiger partial charge in [-0.15, -0.1) is 0 Å². The SMILES string of the molecule is O=C(Nc1ccc(N2CCCCCC2=O)cc1F)[C@H]1C[C@@H](CO)CN1C(=O)Nc1ccc(Cl)cc1. The van der Waals surface area contributed by atoms with E-state index in [-0.39, 0.29) is 37.1 Å². The van der Waals surface area contributed by atoms with E-state index < -0.39 is 23.8 Å². The molecular formula is C25H28ClFN4O4. The molecule has 2 aliphatic rings. The van der Waals surface area contributed by atoms with Crippen LogP contribution in [-0.4, -0.2) is 53.6 Å². The van der Waals surface area contributed by atoms with Crippen LogP contribution in [0.15, 0.2) is 42.5 Å². The summed E-state index contributed by atoms with van der Waals surface area (Å²) in [6.45, 7) is 0.542. The largest absolute Gasteiger partial charge is 0.396 e. The minimum atomic E-state index is -0.884. The summed E-state index contributed by atoms with van der Waals surface area (Å²) in [7, 11) is 0. The van der Waals surface area contributed by atoms with Crippen molar-refractivity contribution in [2.45, 2.75) is 38.1 Å². The van der Waals surface area contributed by atoms with Crippen molar-refractivity contribution in [1.29, 1.82) is 0 Å². The maximum absolute atomic E-state index is 14.9. The molecule has 35 heavy (non-hydrogen) atoms. The predicted octanol–water partition coefficient (Wildman–Crippen LogP) is 4.24. The van der Waals surface area contributed by atoms with E-state index in [4.69, 9.17) is 11.6 Å². The maximum Gasteiger partial charge on any atom is 0.322 e. The summed E-state index contributed by atoms with van der Waals surface area (Å²) < 4.78 is 14.9. The molecule has 2 heterocycles. The second-order valence-electron chi connectivity index (χ2n) is 8.90. The van der Waals surface area contributed by atoms with Crippen LogP contribution in [0.2, 0.25) is 5.02 Å². The van der Waals surface area contributed by atoms with Gasteiger partial charge in [-0.1, -0.05) is 18.0 Å². The first-order valence-corrected chi connectivity index (χ1v) is 12.1. The molecule has 0 aliphatic carbocycles. The van der Waals surface area contributed by atoms with Gasteiger partial charge < -0.3 is 25.5 Å². The number of amides is 4. The van der Waals surface area contributed by atoms with E-state index in [0.29, 0.717) is 29.4 Å². The Morgan fingerprint density at radius 2 is 1.86 bits per heavy atom. The van der Waals surface area contributed by atoms with Crippen LogP contribution in [-0.2, 0) is 9.59 Å². The Hall–Kier alpha value is -3.17. The first kappa shape index (κ1) is 24.9. The van der Waals surface area contributed by atoms with E-state index >= 15 is 0 Å². The lowest BCUT2D eigenvalue weighted by atomic mass is 10.1. The lowest BCUT2D eigenvalue weighted by molar-refractivity contribution is -0.120. The highest BCUT2D eigenvalue weighted by molar-refractivity contribution is 6.30. The number of benzene rings is 2. The summed E-state index contributed by atoms with van der Waals surface area (Å²) in [6, 6.07) is 9.44. The predicted molar refractivity (Wildman–Crippen MR) is 132 cm³/mol. The van der Waals surface area contributed by atoms with E-state index in [9.17, 15) is 23.9 Å². The molecule has 2 atom stereocenters. The summed E-state index contributed by atoms with van der Waals surface area (Å²) >= 11 is 5.88. The zero-order valence-electron chi connectivity index (χ0n) is 19.2. The van der Waals surface area contributed by atoms with Gasteiger partial charge in [-0.25, -0.2) is 9.18 Å². The Bertz CT molecular complexity index is 1100. The summed E-state index contributed by atoms with van der Waals surface area (Å²) in [5, 5.41) is 15.4. The highest BCUT2D eigenvalue weighted by Gasteiger charge is 2.39. The molecule has 4 rings (SSSR count). The fourth-order valence-corrected chi connectivity index (χ4v) is 4.63. The average Bonchev–Trinajstić information content (AvgIpc) is 3.18. The Labute approximate surface area is 208 Å². The van der Waals surface area contributed by atoms with Gasteiger partial charge in [0.15, 0.2) is 0 Å². The number of rotatable bonds is 5. The maximum atomic E-state index is 14.9. The third kappa shape index (κ3) is 5.91. The summed E-state index contributed by atoms with van der Waals surface area (Å²) in [4.78, 5) is 41.2. The van der Waals surface area contributed by atoms with Gasteiger partial charge >= 0.3 is 6.03 Å². The Balaban J connectivity index is 1.46. The van der Waals surface area contributed by atoms with Crippen molar-refractivity contribution in [2.24, 2.45) is 5.92 Å². The van der Waals surface area contributed by atoms with E-state index in [2.05, 4.69) is 10.6 Å². The molecule has 0 radical (unpaired) electrons. The van der Waals surface area contributed by atoms with Gasteiger partial charge in [-0.2, -0.15) is 0 Å². The van der Waals surface area contributed by atoms with Crippen LogP contribution in [0.4, 0.5) is 26.2 Å². The van der Waals surface area contributed by atoms with Crippen molar-refractivity contribution in [3.05, 3.63) is 53.3 Å². The average molecular weight is 503 g/mol. The third-order valence-electron chi connectivity index (χ3n) is 6.40. The molecule has 2 aromatic carbocycles. The van der Waals surface area contributed by atoms with E-state index in [1.807, 2.05) is 0 Å². The van der Waals surface area contributed by atoms with Crippen molar-refractivity contribution in [1.82, 2.24) is 4.90 Å².